The average Bonchev–Trinajstić information content (AvgIpc) is 2.85. The van der Waals surface area contributed by atoms with Crippen LogP contribution in [0.1, 0.15) is 5.30 Å². The predicted octanol–water partition coefficient (Wildman–Crippen LogP) is 6.08. The van der Waals surface area contributed by atoms with E-state index < -0.39 is 23.3 Å². The molecule has 21 heavy (non-hydrogen) atoms. The van der Waals surface area contributed by atoms with E-state index in [1.807, 2.05) is 36.5 Å². The van der Waals surface area contributed by atoms with Crippen molar-refractivity contribution in [2.75, 3.05) is 0 Å². The Labute approximate surface area is 147 Å². The third-order valence-electron chi connectivity index (χ3n) is 2.63. The van der Waals surface area contributed by atoms with E-state index in [-0.39, 0.29) is 0 Å². The molecule has 0 aliphatic rings. The maximum absolute atomic E-state index is 4.99. The van der Waals surface area contributed by atoms with Crippen molar-refractivity contribution in [2.45, 2.75) is 19.6 Å². The third kappa shape index (κ3) is 8.64. The van der Waals surface area contributed by atoms with Gasteiger partial charge in [-0.25, -0.2) is 0 Å². The SMILES string of the molecule is C[Si](C)(C)c1ccc(C=Nc2ccccc2)[pH]1.[Cl][Nb]([Cl])[Cl]. The fraction of sp³-hybridized carbons (Fsp3) is 0.214. The van der Waals surface area contributed by atoms with Crippen molar-refractivity contribution >= 4 is 60.7 Å². The number of benzene rings is 1. The molecule has 1 aromatic carbocycles. The van der Waals surface area contributed by atoms with E-state index >= 15 is 0 Å². The quantitative estimate of drug-likeness (QED) is 0.390. The van der Waals surface area contributed by atoms with Crippen LogP contribution >= 0.6 is 35.8 Å². The Morgan fingerprint density at radius 1 is 1.00 bits per heavy atom. The van der Waals surface area contributed by atoms with Gasteiger partial charge < -0.3 is 0 Å². The van der Waals surface area contributed by atoms with Gasteiger partial charge in [0.1, 0.15) is 0 Å². The summed E-state index contributed by atoms with van der Waals surface area (Å²) < 4.78 is 0. The van der Waals surface area contributed by atoms with Crippen LogP contribution in [-0.4, -0.2) is 14.3 Å². The average molecular weight is 459 g/mol. The molecule has 0 spiro atoms. The van der Waals surface area contributed by atoms with Gasteiger partial charge in [-0.2, -0.15) is 0 Å². The summed E-state index contributed by atoms with van der Waals surface area (Å²) in [6.45, 7) is 7.20. The molecule has 1 aromatic heterocycles. The van der Waals surface area contributed by atoms with Crippen LogP contribution in [-0.2, 0) is 15.2 Å². The molecule has 1 nitrogen and oxygen atoms in total. The van der Waals surface area contributed by atoms with Gasteiger partial charge in [0.15, 0.2) is 0 Å². The van der Waals surface area contributed by atoms with Crippen LogP contribution in [0.25, 0.3) is 0 Å². The van der Waals surface area contributed by atoms with Crippen molar-refractivity contribution in [1.82, 2.24) is 0 Å². The molecule has 7 heteroatoms. The first-order valence-corrected chi connectivity index (χ1v) is 19.3. The number of hydrogen-bond donors (Lipinski definition) is 0. The van der Waals surface area contributed by atoms with Gasteiger partial charge in [-0.1, -0.05) is 43.9 Å². The first-order valence-electron chi connectivity index (χ1n) is 6.35. The van der Waals surface area contributed by atoms with E-state index in [0.717, 1.165) is 13.9 Å². The minimum absolute atomic E-state index is 0.829. The summed E-state index contributed by atoms with van der Waals surface area (Å²) in [6.07, 6.45) is 2.01. The molecule has 0 saturated carbocycles. The Kier molecular flexibility index (Phi) is 8.93. The molecule has 1 heterocycles. The second-order valence-electron chi connectivity index (χ2n) is 5.36. The van der Waals surface area contributed by atoms with Gasteiger partial charge in [0, 0.05) is 11.5 Å². The standard InChI is InChI=1S/C14H18NPSi.3ClH.Nb/c1-17(2,3)14-10-9-13(16-14)11-15-12-7-5-4-6-8-12;;;;/h4-11,16H,1-3H3;3*1H;/q;;;;+3/p-3. The summed E-state index contributed by atoms with van der Waals surface area (Å²) in [4.78, 5) is 6.15. The first-order chi connectivity index (χ1) is 9.79. The van der Waals surface area contributed by atoms with Crippen LogP contribution < -0.4 is 4.92 Å². The number of hydrogen-bond acceptors (Lipinski definition) is 1. The summed E-state index contributed by atoms with van der Waals surface area (Å²) in [5.41, 5.74) is 1.03. The second-order valence-corrected chi connectivity index (χ2v) is 22.3. The van der Waals surface area contributed by atoms with Crippen LogP contribution in [0, 0.1) is 0 Å². The van der Waals surface area contributed by atoms with Gasteiger partial charge in [0.2, 0.25) is 0 Å². The fourth-order valence-electron chi connectivity index (χ4n) is 1.58. The maximum atomic E-state index is 4.99. The van der Waals surface area contributed by atoms with Gasteiger partial charge in [-0.15, -0.1) is 8.19 Å². The molecule has 0 bridgehead atoms. The van der Waals surface area contributed by atoms with Gasteiger partial charge in [0.05, 0.1) is 13.8 Å². The molecule has 0 aliphatic heterocycles. The fourth-order valence-corrected chi connectivity index (χ4v) is 4.87. The molecule has 0 radical (unpaired) electrons. The van der Waals surface area contributed by atoms with Crippen molar-refractivity contribution in [1.29, 1.82) is 0 Å². The number of nitrogens with zero attached hydrogens (tertiary/aromatic N) is 1. The van der Waals surface area contributed by atoms with Crippen LogP contribution in [0.2, 0.25) is 19.6 Å². The van der Waals surface area contributed by atoms with Crippen LogP contribution in [0.15, 0.2) is 47.5 Å². The Balaban J connectivity index is 0.000000491. The van der Waals surface area contributed by atoms with Gasteiger partial charge in [-0.3, -0.25) is 4.99 Å². The summed E-state index contributed by atoms with van der Waals surface area (Å²) >= 11 is -2.03. The van der Waals surface area contributed by atoms with Crippen LogP contribution in [0.4, 0.5) is 5.69 Å². The van der Waals surface area contributed by atoms with E-state index in [1.165, 1.54) is 5.30 Å². The molecule has 1 atom stereocenters. The van der Waals surface area contributed by atoms with Crippen molar-refractivity contribution in [3.8, 4) is 0 Å². The molecule has 0 N–H and O–H groups in total. The predicted molar refractivity (Wildman–Crippen MR) is 100 cm³/mol. The normalized spacial score (nSPS) is 12.0. The van der Waals surface area contributed by atoms with E-state index in [2.05, 4.69) is 36.8 Å². The topological polar surface area (TPSA) is 12.4 Å². The van der Waals surface area contributed by atoms with Crippen molar-refractivity contribution in [3.63, 3.8) is 0 Å². The van der Waals surface area contributed by atoms with E-state index in [9.17, 15) is 0 Å². The van der Waals surface area contributed by atoms with Gasteiger partial charge in [-0.05, 0) is 23.1 Å². The molecular formula is C14H18Cl3NNbPSi. The van der Waals surface area contributed by atoms with Crippen molar-refractivity contribution in [2.24, 2.45) is 4.99 Å². The van der Waals surface area contributed by atoms with E-state index in [1.54, 1.807) is 4.92 Å². The zero-order valence-corrected chi connectivity index (χ0v) is 18.6. The Morgan fingerprint density at radius 3 is 2.05 bits per heavy atom. The second kappa shape index (κ2) is 9.59. The summed E-state index contributed by atoms with van der Waals surface area (Å²) in [7, 11) is 14.7. The zero-order valence-electron chi connectivity index (χ0n) is 12.1. The Bertz CT molecular complexity index is 564. The number of aliphatic imine (C=N–C) groups is 1. The van der Waals surface area contributed by atoms with Crippen LogP contribution in [0.5, 0.6) is 0 Å². The molecule has 0 aliphatic carbocycles. The molecule has 2 aromatic rings. The number of rotatable bonds is 3. The Morgan fingerprint density at radius 2 is 1.57 bits per heavy atom. The van der Waals surface area contributed by atoms with Gasteiger partial charge >= 0.3 is 42.8 Å². The number of halogens is 3. The first kappa shape index (κ1) is 19.5. The molecule has 1 unspecified atom stereocenters. The zero-order chi connectivity index (χ0) is 15.9. The van der Waals surface area contributed by atoms with Gasteiger partial charge in [0.25, 0.3) is 0 Å². The summed E-state index contributed by atoms with van der Waals surface area (Å²) in [6, 6.07) is 14.6. The number of para-hydroxylation sites is 1. The van der Waals surface area contributed by atoms with Crippen LogP contribution in [0.3, 0.4) is 0 Å². The van der Waals surface area contributed by atoms with E-state index in [0.29, 0.717) is 0 Å². The monoisotopic (exact) mass is 457 g/mol. The summed E-state index contributed by atoms with van der Waals surface area (Å²) in [5.74, 6) is 0. The minimum atomic E-state index is -2.03. The van der Waals surface area contributed by atoms with Crippen molar-refractivity contribution in [3.05, 3.63) is 47.8 Å². The summed E-state index contributed by atoms with van der Waals surface area (Å²) in [5, 5.41) is 1.35. The molecule has 0 amide bonds. The van der Waals surface area contributed by atoms with E-state index in [4.69, 9.17) is 27.6 Å². The van der Waals surface area contributed by atoms with Crippen molar-refractivity contribution < 1.29 is 15.2 Å². The molecule has 0 saturated heterocycles. The Hall–Kier alpha value is 0.497. The molecular weight excluding hydrogens is 440 g/mol. The molecule has 114 valence electrons. The molecule has 2 rings (SSSR count). The molecule has 0 fully saturated rings. The third-order valence-corrected chi connectivity index (χ3v) is 8.05.